The van der Waals surface area contributed by atoms with Gasteiger partial charge in [0.05, 0.1) is 0 Å². The van der Waals surface area contributed by atoms with Gasteiger partial charge in [0.15, 0.2) is 0 Å². The molecule has 0 amide bonds. The standard InChI is InChI=1S/C13H22N2/c1-4-14-10-13(11(2)3)6-5-12-7-8-15-9-12/h4-6,10-12,15H,7-9H2,1-3H3/b6-5+,13-10-,14-4?/t12-/m0/s1. The molecule has 1 atom stereocenters. The molecule has 2 heteroatoms. The molecule has 0 saturated carbocycles. The van der Waals surface area contributed by atoms with Crippen LogP contribution < -0.4 is 5.32 Å². The molecule has 0 radical (unpaired) electrons. The van der Waals surface area contributed by atoms with Crippen molar-refractivity contribution in [1.82, 2.24) is 5.32 Å². The number of hydrogen-bond donors (Lipinski definition) is 1. The Bertz CT molecular complexity index is 256. The molecule has 0 spiro atoms. The van der Waals surface area contributed by atoms with Crippen LogP contribution >= 0.6 is 0 Å². The lowest BCUT2D eigenvalue weighted by atomic mass is 10.0. The van der Waals surface area contributed by atoms with Crippen LogP contribution in [0.3, 0.4) is 0 Å². The van der Waals surface area contributed by atoms with Gasteiger partial charge in [-0.1, -0.05) is 26.0 Å². The Morgan fingerprint density at radius 2 is 2.27 bits per heavy atom. The molecule has 1 saturated heterocycles. The number of aliphatic imine (C=N–C) groups is 1. The van der Waals surface area contributed by atoms with E-state index in [1.54, 1.807) is 0 Å². The van der Waals surface area contributed by atoms with Crippen molar-refractivity contribution in [1.29, 1.82) is 0 Å². The van der Waals surface area contributed by atoms with Crippen LogP contribution in [0.25, 0.3) is 0 Å². The fourth-order valence-corrected chi connectivity index (χ4v) is 1.63. The second-order valence-corrected chi connectivity index (χ2v) is 4.30. The van der Waals surface area contributed by atoms with Crippen LogP contribution in [0.2, 0.25) is 0 Å². The molecule has 0 aromatic heterocycles. The third-order valence-electron chi connectivity index (χ3n) is 2.70. The summed E-state index contributed by atoms with van der Waals surface area (Å²) in [5.41, 5.74) is 1.31. The number of nitrogens with one attached hydrogen (secondary N) is 1. The highest BCUT2D eigenvalue weighted by molar-refractivity contribution is 5.54. The predicted molar refractivity (Wildman–Crippen MR) is 67.2 cm³/mol. The lowest BCUT2D eigenvalue weighted by Gasteiger charge is -2.06. The molecule has 15 heavy (non-hydrogen) atoms. The van der Waals surface area contributed by atoms with Crippen molar-refractivity contribution < 1.29 is 0 Å². The Morgan fingerprint density at radius 3 is 2.80 bits per heavy atom. The van der Waals surface area contributed by atoms with Gasteiger partial charge in [-0.3, -0.25) is 4.99 Å². The number of hydrogen-bond acceptors (Lipinski definition) is 2. The second-order valence-electron chi connectivity index (χ2n) is 4.30. The maximum atomic E-state index is 4.18. The smallest absolute Gasteiger partial charge is 0.0298 e. The maximum Gasteiger partial charge on any atom is 0.0298 e. The molecule has 1 aliphatic rings. The Kier molecular flexibility index (Phi) is 5.33. The number of allylic oxidation sites excluding steroid dienone is 2. The summed E-state index contributed by atoms with van der Waals surface area (Å²) in [6.07, 6.45) is 9.60. The second kappa shape index (κ2) is 6.57. The first-order valence-electron chi connectivity index (χ1n) is 5.80. The molecule has 1 N–H and O–H groups in total. The van der Waals surface area contributed by atoms with Gasteiger partial charge in [-0.2, -0.15) is 0 Å². The van der Waals surface area contributed by atoms with Crippen LogP contribution in [0.1, 0.15) is 27.2 Å². The van der Waals surface area contributed by atoms with Gasteiger partial charge in [0.25, 0.3) is 0 Å². The molecule has 0 aliphatic carbocycles. The molecule has 1 aliphatic heterocycles. The first-order chi connectivity index (χ1) is 7.24. The monoisotopic (exact) mass is 206 g/mol. The summed E-state index contributed by atoms with van der Waals surface area (Å²) < 4.78 is 0. The van der Waals surface area contributed by atoms with E-state index < -0.39 is 0 Å². The molecule has 0 aromatic rings. The average Bonchev–Trinajstić information content (AvgIpc) is 2.70. The minimum Gasteiger partial charge on any atom is -0.316 e. The molecule has 1 heterocycles. The summed E-state index contributed by atoms with van der Waals surface area (Å²) >= 11 is 0. The van der Waals surface area contributed by atoms with E-state index >= 15 is 0 Å². The van der Waals surface area contributed by atoms with Gasteiger partial charge in [-0.15, -0.1) is 0 Å². The van der Waals surface area contributed by atoms with Gasteiger partial charge >= 0.3 is 0 Å². The van der Waals surface area contributed by atoms with Gasteiger partial charge in [-0.25, -0.2) is 0 Å². The van der Waals surface area contributed by atoms with E-state index in [4.69, 9.17) is 0 Å². The number of nitrogens with zero attached hydrogens (tertiary/aromatic N) is 1. The van der Waals surface area contributed by atoms with E-state index in [-0.39, 0.29) is 0 Å². The summed E-state index contributed by atoms with van der Waals surface area (Å²) in [4.78, 5) is 4.18. The lowest BCUT2D eigenvalue weighted by molar-refractivity contribution is 0.721. The highest BCUT2D eigenvalue weighted by atomic mass is 14.9. The van der Waals surface area contributed by atoms with Crippen LogP contribution in [0, 0.1) is 11.8 Å². The van der Waals surface area contributed by atoms with Crippen molar-refractivity contribution in [3.63, 3.8) is 0 Å². The molecule has 0 aromatic carbocycles. The highest BCUT2D eigenvalue weighted by Gasteiger charge is 2.10. The summed E-state index contributed by atoms with van der Waals surface area (Å²) in [5.74, 6) is 1.25. The largest absolute Gasteiger partial charge is 0.316 e. The maximum absolute atomic E-state index is 4.18. The van der Waals surface area contributed by atoms with Crippen molar-refractivity contribution >= 4 is 6.21 Å². The molecule has 2 nitrogen and oxygen atoms in total. The first-order valence-corrected chi connectivity index (χ1v) is 5.80. The van der Waals surface area contributed by atoms with E-state index in [1.807, 2.05) is 19.3 Å². The van der Waals surface area contributed by atoms with Crippen molar-refractivity contribution in [2.75, 3.05) is 13.1 Å². The fourth-order valence-electron chi connectivity index (χ4n) is 1.63. The zero-order valence-corrected chi connectivity index (χ0v) is 10.0. The molecule has 84 valence electrons. The van der Waals surface area contributed by atoms with Crippen molar-refractivity contribution in [2.45, 2.75) is 27.2 Å². The molecular formula is C13H22N2. The third-order valence-corrected chi connectivity index (χ3v) is 2.70. The van der Waals surface area contributed by atoms with Crippen molar-refractivity contribution in [3.05, 3.63) is 23.9 Å². The first kappa shape index (κ1) is 12.2. The molecule has 0 unspecified atom stereocenters. The zero-order valence-electron chi connectivity index (χ0n) is 10.0. The summed E-state index contributed by atoms with van der Waals surface area (Å²) in [7, 11) is 0. The number of rotatable bonds is 4. The van der Waals surface area contributed by atoms with Gasteiger partial charge in [0.2, 0.25) is 0 Å². The Labute approximate surface area is 93.2 Å². The van der Waals surface area contributed by atoms with E-state index in [2.05, 4.69) is 36.3 Å². The van der Waals surface area contributed by atoms with Gasteiger partial charge < -0.3 is 5.32 Å². The van der Waals surface area contributed by atoms with Crippen molar-refractivity contribution in [2.24, 2.45) is 16.8 Å². The van der Waals surface area contributed by atoms with E-state index in [0.29, 0.717) is 11.8 Å². The molecule has 1 rings (SSSR count). The molecule has 0 bridgehead atoms. The SMILES string of the molecule is CC=N/C=C(/C=C/[C@H]1CCNC1)C(C)C. The van der Waals surface area contributed by atoms with Gasteiger partial charge in [0.1, 0.15) is 0 Å². The normalized spacial score (nSPS) is 23.7. The Balaban J connectivity index is 2.57. The highest BCUT2D eigenvalue weighted by Crippen LogP contribution is 2.15. The van der Waals surface area contributed by atoms with Gasteiger partial charge in [-0.05, 0) is 37.3 Å². The van der Waals surface area contributed by atoms with Crippen LogP contribution in [0.5, 0.6) is 0 Å². The van der Waals surface area contributed by atoms with E-state index in [1.165, 1.54) is 12.0 Å². The quantitative estimate of drug-likeness (QED) is 0.555. The van der Waals surface area contributed by atoms with Crippen LogP contribution in [0.15, 0.2) is 28.9 Å². The van der Waals surface area contributed by atoms with Crippen LogP contribution in [0.4, 0.5) is 0 Å². The van der Waals surface area contributed by atoms with Crippen LogP contribution in [-0.2, 0) is 0 Å². The third kappa shape index (κ3) is 4.43. The summed E-state index contributed by atoms with van der Waals surface area (Å²) in [6, 6.07) is 0. The topological polar surface area (TPSA) is 24.4 Å². The predicted octanol–water partition coefficient (Wildman–Crippen LogP) is 2.78. The average molecular weight is 206 g/mol. The van der Waals surface area contributed by atoms with Crippen molar-refractivity contribution in [3.8, 4) is 0 Å². The van der Waals surface area contributed by atoms with Gasteiger partial charge in [0, 0.05) is 19.0 Å². The van der Waals surface area contributed by atoms with E-state index in [9.17, 15) is 0 Å². The van der Waals surface area contributed by atoms with Crippen LogP contribution in [-0.4, -0.2) is 19.3 Å². The zero-order chi connectivity index (χ0) is 11.1. The summed E-state index contributed by atoms with van der Waals surface area (Å²) in [5, 5.41) is 3.37. The molecular weight excluding hydrogens is 184 g/mol. The Hall–Kier alpha value is -0.890. The summed E-state index contributed by atoms with van der Waals surface area (Å²) in [6.45, 7) is 8.63. The Morgan fingerprint density at radius 1 is 1.47 bits per heavy atom. The van der Waals surface area contributed by atoms with E-state index in [0.717, 1.165) is 13.1 Å². The minimum absolute atomic E-state index is 0.541. The lowest BCUT2D eigenvalue weighted by Crippen LogP contribution is -2.07. The fraction of sp³-hybridized carbons (Fsp3) is 0.615. The minimum atomic E-state index is 0.541. The molecule has 1 fully saturated rings.